The third-order valence-corrected chi connectivity index (χ3v) is 4.12. The van der Waals surface area contributed by atoms with Gasteiger partial charge in [0, 0.05) is 17.1 Å². The summed E-state index contributed by atoms with van der Waals surface area (Å²) in [5, 5.41) is 1.20. The molecule has 0 atom stereocenters. The van der Waals surface area contributed by atoms with Crippen LogP contribution in [-0.2, 0) is 11.3 Å². The number of aromatic nitrogens is 1. The van der Waals surface area contributed by atoms with E-state index in [1.165, 1.54) is 10.9 Å². The average Bonchev–Trinajstić information content (AvgIpc) is 2.46. The Hall–Kier alpha value is -1.45. The minimum atomic E-state index is 0.363. The Morgan fingerprint density at radius 1 is 1.20 bits per heavy atom. The molecule has 3 nitrogen and oxygen atoms in total. The lowest BCUT2D eigenvalue weighted by molar-refractivity contribution is 0.0143. The van der Waals surface area contributed by atoms with Crippen LogP contribution in [0.3, 0.4) is 0 Å². The summed E-state index contributed by atoms with van der Waals surface area (Å²) in [5.41, 5.74) is 9.28. The van der Waals surface area contributed by atoms with Gasteiger partial charge in [-0.1, -0.05) is 18.2 Å². The van der Waals surface area contributed by atoms with Gasteiger partial charge in [-0.25, -0.2) is 0 Å². The van der Waals surface area contributed by atoms with Crippen molar-refractivity contribution in [3.05, 3.63) is 41.6 Å². The van der Waals surface area contributed by atoms with Crippen LogP contribution in [0.1, 0.15) is 36.9 Å². The molecule has 20 heavy (non-hydrogen) atoms. The summed E-state index contributed by atoms with van der Waals surface area (Å²) in [7, 11) is 0. The molecular weight excluding hydrogens is 248 g/mol. The Labute approximate surface area is 120 Å². The number of nitrogens with two attached hydrogens (primary N) is 1. The number of benzene rings is 1. The second-order valence-corrected chi connectivity index (χ2v) is 5.79. The number of fused-ring (bicyclic) bond motifs is 1. The summed E-state index contributed by atoms with van der Waals surface area (Å²) >= 11 is 0. The zero-order chi connectivity index (χ0) is 13.9. The van der Waals surface area contributed by atoms with Crippen LogP contribution in [0.2, 0.25) is 0 Å². The summed E-state index contributed by atoms with van der Waals surface area (Å²) in [6, 6.07) is 10.8. The van der Waals surface area contributed by atoms with E-state index in [1.54, 1.807) is 0 Å². The van der Waals surface area contributed by atoms with E-state index in [0.29, 0.717) is 18.8 Å². The number of aryl methyl sites for hydroxylation is 1. The molecule has 1 aliphatic carbocycles. The van der Waals surface area contributed by atoms with Crippen molar-refractivity contribution in [2.45, 2.75) is 51.4 Å². The minimum absolute atomic E-state index is 0.363. The zero-order valence-corrected chi connectivity index (χ0v) is 12.0. The van der Waals surface area contributed by atoms with E-state index < -0.39 is 0 Å². The molecule has 0 aliphatic heterocycles. The molecule has 3 rings (SSSR count). The normalized spacial score (nSPS) is 23.1. The monoisotopic (exact) mass is 270 g/mol. The van der Waals surface area contributed by atoms with E-state index in [1.807, 2.05) is 13.0 Å². The fraction of sp³-hybridized carbons (Fsp3) is 0.471. The zero-order valence-electron chi connectivity index (χ0n) is 12.0. The number of hydrogen-bond acceptors (Lipinski definition) is 3. The fourth-order valence-corrected chi connectivity index (χ4v) is 2.98. The van der Waals surface area contributed by atoms with Gasteiger partial charge in [0.15, 0.2) is 0 Å². The van der Waals surface area contributed by atoms with Gasteiger partial charge in [0.2, 0.25) is 0 Å². The summed E-state index contributed by atoms with van der Waals surface area (Å²) in [4.78, 5) is 4.57. The van der Waals surface area contributed by atoms with Gasteiger partial charge in [0.05, 0.1) is 18.2 Å². The molecule has 1 aliphatic rings. The molecule has 1 saturated carbocycles. The molecule has 106 valence electrons. The van der Waals surface area contributed by atoms with Crippen molar-refractivity contribution in [2.75, 3.05) is 0 Å². The quantitative estimate of drug-likeness (QED) is 0.930. The first-order valence-electron chi connectivity index (χ1n) is 7.45. The fourth-order valence-electron chi connectivity index (χ4n) is 2.98. The maximum atomic E-state index is 6.10. The molecule has 1 heterocycles. The van der Waals surface area contributed by atoms with E-state index in [0.717, 1.165) is 36.9 Å². The molecule has 0 spiro atoms. The lowest BCUT2D eigenvalue weighted by atomic mass is 9.94. The van der Waals surface area contributed by atoms with Gasteiger partial charge in [-0.3, -0.25) is 4.98 Å². The Bertz CT molecular complexity index is 589. The van der Waals surface area contributed by atoms with Crippen LogP contribution >= 0.6 is 0 Å². The predicted octanol–water partition coefficient (Wildman–Crippen LogP) is 3.33. The van der Waals surface area contributed by atoms with Gasteiger partial charge in [-0.2, -0.15) is 0 Å². The molecule has 0 saturated heterocycles. The number of rotatable bonds is 3. The van der Waals surface area contributed by atoms with Crippen LogP contribution < -0.4 is 5.73 Å². The van der Waals surface area contributed by atoms with Crippen LogP contribution in [0.4, 0.5) is 0 Å². The first-order chi connectivity index (χ1) is 9.72. The minimum Gasteiger partial charge on any atom is -0.374 e. The maximum Gasteiger partial charge on any atom is 0.0727 e. The van der Waals surface area contributed by atoms with Gasteiger partial charge in [0.1, 0.15) is 0 Å². The smallest absolute Gasteiger partial charge is 0.0727 e. The highest BCUT2D eigenvalue weighted by molar-refractivity contribution is 5.82. The standard InChI is InChI=1S/C17H22N2O/c1-12-10-13(16-4-2-3-5-17(16)19-12)11-20-15-8-6-14(18)7-9-15/h2-5,10,14-15H,6-9,11,18H2,1H3. The van der Waals surface area contributed by atoms with Crippen LogP contribution in [0, 0.1) is 6.92 Å². The Kier molecular flexibility index (Phi) is 3.99. The van der Waals surface area contributed by atoms with Crippen molar-refractivity contribution < 1.29 is 4.74 Å². The number of ether oxygens (including phenoxy) is 1. The molecule has 0 unspecified atom stereocenters. The third kappa shape index (κ3) is 3.00. The Morgan fingerprint density at radius 3 is 2.75 bits per heavy atom. The molecule has 1 fully saturated rings. The molecule has 0 amide bonds. The first-order valence-corrected chi connectivity index (χ1v) is 7.45. The third-order valence-electron chi connectivity index (χ3n) is 4.12. The van der Waals surface area contributed by atoms with Gasteiger partial charge < -0.3 is 10.5 Å². The van der Waals surface area contributed by atoms with Crippen molar-refractivity contribution in [2.24, 2.45) is 5.73 Å². The van der Waals surface area contributed by atoms with Gasteiger partial charge in [0.25, 0.3) is 0 Å². The molecule has 2 aromatic rings. The van der Waals surface area contributed by atoms with Crippen molar-refractivity contribution in [3.63, 3.8) is 0 Å². The van der Waals surface area contributed by atoms with Crippen molar-refractivity contribution in [3.8, 4) is 0 Å². The number of para-hydroxylation sites is 1. The number of pyridine rings is 1. The molecule has 3 heteroatoms. The molecule has 0 bridgehead atoms. The van der Waals surface area contributed by atoms with Crippen LogP contribution in [0.5, 0.6) is 0 Å². The SMILES string of the molecule is Cc1cc(COC2CCC(N)CC2)c2ccccc2n1. The van der Waals surface area contributed by atoms with Crippen molar-refractivity contribution >= 4 is 10.9 Å². The Morgan fingerprint density at radius 2 is 1.95 bits per heavy atom. The van der Waals surface area contributed by atoms with Crippen molar-refractivity contribution in [1.29, 1.82) is 0 Å². The van der Waals surface area contributed by atoms with Crippen LogP contribution in [0.25, 0.3) is 10.9 Å². The highest BCUT2D eigenvalue weighted by Crippen LogP contribution is 2.23. The average molecular weight is 270 g/mol. The lowest BCUT2D eigenvalue weighted by Gasteiger charge is -2.26. The highest BCUT2D eigenvalue weighted by atomic mass is 16.5. The predicted molar refractivity (Wildman–Crippen MR) is 81.5 cm³/mol. The first kappa shape index (κ1) is 13.5. The van der Waals surface area contributed by atoms with Crippen LogP contribution in [0.15, 0.2) is 30.3 Å². The molecule has 2 N–H and O–H groups in total. The van der Waals surface area contributed by atoms with E-state index in [2.05, 4.69) is 29.2 Å². The molecule has 0 radical (unpaired) electrons. The summed E-state index contributed by atoms with van der Waals surface area (Å²) in [6.45, 7) is 2.71. The second kappa shape index (κ2) is 5.90. The van der Waals surface area contributed by atoms with E-state index in [9.17, 15) is 0 Å². The summed E-state index contributed by atoms with van der Waals surface area (Å²) < 4.78 is 6.10. The summed E-state index contributed by atoms with van der Waals surface area (Å²) in [5.74, 6) is 0. The topological polar surface area (TPSA) is 48.1 Å². The molecular formula is C17H22N2O. The summed E-state index contributed by atoms with van der Waals surface area (Å²) in [6.07, 6.45) is 4.70. The Balaban J connectivity index is 1.74. The van der Waals surface area contributed by atoms with Gasteiger partial charge >= 0.3 is 0 Å². The molecule has 1 aromatic carbocycles. The number of nitrogens with zero attached hydrogens (tertiary/aromatic N) is 1. The maximum absolute atomic E-state index is 6.10. The van der Waals surface area contributed by atoms with Crippen molar-refractivity contribution in [1.82, 2.24) is 4.98 Å². The number of hydrogen-bond donors (Lipinski definition) is 1. The highest BCUT2D eigenvalue weighted by Gasteiger charge is 2.19. The van der Waals surface area contributed by atoms with E-state index >= 15 is 0 Å². The largest absolute Gasteiger partial charge is 0.374 e. The lowest BCUT2D eigenvalue weighted by Crippen LogP contribution is -2.30. The van der Waals surface area contributed by atoms with Crippen LogP contribution in [-0.4, -0.2) is 17.1 Å². The van der Waals surface area contributed by atoms with E-state index in [-0.39, 0.29) is 0 Å². The second-order valence-electron chi connectivity index (χ2n) is 5.79. The molecule has 1 aromatic heterocycles. The van der Waals surface area contributed by atoms with Gasteiger partial charge in [-0.15, -0.1) is 0 Å². The van der Waals surface area contributed by atoms with E-state index in [4.69, 9.17) is 10.5 Å². The van der Waals surface area contributed by atoms with Gasteiger partial charge in [-0.05, 0) is 50.3 Å².